The van der Waals surface area contributed by atoms with Gasteiger partial charge in [-0.25, -0.2) is 14.8 Å². The number of fused-ring (bicyclic) bond motifs is 1. The van der Waals surface area contributed by atoms with Gasteiger partial charge in [-0.3, -0.25) is 0 Å². The first-order valence-electron chi connectivity index (χ1n) is 6.84. The Bertz CT molecular complexity index is 818. The molecule has 0 bridgehead atoms. The third kappa shape index (κ3) is 3.10. The summed E-state index contributed by atoms with van der Waals surface area (Å²) in [6.45, 7) is 2.11. The molecule has 0 saturated carbocycles. The van der Waals surface area contributed by atoms with Crippen molar-refractivity contribution >= 4 is 39.1 Å². The number of halogens is 1. The van der Waals surface area contributed by atoms with Crippen molar-refractivity contribution in [1.29, 1.82) is 0 Å². The van der Waals surface area contributed by atoms with Gasteiger partial charge in [0.1, 0.15) is 20.7 Å². The molecule has 112 valence electrons. The smallest absolute Gasteiger partial charge is 0.348 e. The Morgan fingerprint density at radius 3 is 2.77 bits per heavy atom. The van der Waals surface area contributed by atoms with Crippen LogP contribution in [0.25, 0.3) is 10.2 Å². The number of aromatic nitrogens is 2. The summed E-state index contributed by atoms with van der Waals surface area (Å²) in [5, 5.41) is 1.05. The van der Waals surface area contributed by atoms with Gasteiger partial charge in [-0.1, -0.05) is 41.9 Å². The van der Waals surface area contributed by atoms with Crippen LogP contribution in [0.1, 0.15) is 28.0 Å². The molecule has 1 aromatic carbocycles. The number of benzene rings is 1. The van der Waals surface area contributed by atoms with E-state index in [2.05, 4.69) is 9.97 Å². The minimum absolute atomic E-state index is 0.339. The zero-order chi connectivity index (χ0) is 15.5. The first kappa shape index (κ1) is 14.9. The number of nitrogens with zero attached hydrogens (tertiary/aromatic N) is 2. The monoisotopic (exact) mass is 332 g/mol. The molecule has 22 heavy (non-hydrogen) atoms. The molecule has 4 nitrogen and oxygen atoms in total. The summed E-state index contributed by atoms with van der Waals surface area (Å²) in [5.74, 6) is 0.284. The van der Waals surface area contributed by atoms with Gasteiger partial charge in [0, 0.05) is 11.8 Å². The van der Waals surface area contributed by atoms with E-state index in [1.807, 2.05) is 30.3 Å². The minimum Gasteiger partial charge on any atom is -0.462 e. The van der Waals surface area contributed by atoms with E-state index >= 15 is 0 Å². The fraction of sp³-hybridized carbons (Fsp3) is 0.188. The van der Waals surface area contributed by atoms with E-state index in [0.717, 1.165) is 5.56 Å². The third-order valence-corrected chi connectivity index (χ3v) is 4.37. The number of rotatable bonds is 4. The highest BCUT2D eigenvalue weighted by molar-refractivity contribution is 7.20. The Morgan fingerprint density at radius 1 is 1.27 bits per heavy atom. The van der Waals surface area contributed by atoms with Crippen LogP contribution in [-0.4, -0.2) is 22.5 Å². The Kier molecular flexibility index (Phi) is 4.36. The zero-order valence-corrected chi connectivity index (χ0v) is 13.4. The third-order valence-electron chi connectivity index (χ3n) is 3.07. The molecule has 0 aliphatic rings. The average molecular weight is 333 g/mol. The van der Waals surface area contributed by atoms with E-state index in [0.29, 0.717) is 39.1 Å². The normalized spacial score (nSPS) is 10.8. The largest absolute Gasteiger partial charge is 0.462 e. The second kappa shape index (κ2) is 6.42. The topological polar surface area (TPSA) is 52.1 Å². The highest BCUT2D eigenvalue weighted by Gasteiger charge is 2.15. The number of carbonyl (C=O) groups is 1. The number of esters is 1. The SMILES string of the molecule is CCOC(=O)c1cc2c(Cl)nc(Cc3ccccc3)nc2s1. The molecule has 0 spiro atoms. The predicted molar refractivity (Wildman–Crippen MR) is 87.6 cm³/mol. The van der Waals surface area contributed by atoms with Crippen molar-refractivity contribution in [2.45, 2.75) is 13.3 Å². The molecule has 0 unspecified atom stereocenters. The van der Waals surface area contributed by atoms with E-state index in [-0.39, 0.29) is 5.97 Å². The van der Waals surface area contributed by atoms with Crippen LogP contribution in [0, 0.1) is 0 Å². The molecule has 6 heteroatoms. The second-order valence-electron chi connectivity index (χ2n) is 4.64. The first-order valence-corrected chi connectivity index (χ1v) is 8.04. The lowest BCUT2D eigenvalue weighted by atomic mass is 10.1. The maximum absolute atomic E-state index is 11.8. The number of carbonyl (C=O) groups excluding carboxylic acids is 1. The molecule has 0 saturated heterocycles. The molecule has 0 atom stereocenters. The highest BCUT2D eigenvalue weighted by Crippen LogP contribution is 2.29. The van der Waals surface area contributed by atoms with E-state index in [1.54, 1.807) is 13.0 Å². The lowest BCUT2D eigenvalue weighted by Crippen LogP contribution is -2.01. The van der Waals surface area contributed by atoms with Crippen LogP contribution in [0.15, 0.2) is 36.4 Å². The predicted octanol–water partition coefficient (Wildman–Crippen LogP) is 4.11. The molecule has 0 N–H and O–H groups in total. The van der Waals surface area contributed by atoms with Crippen molar-refractivity contribution in [2.75, 3.05) is 6.61 Å². The Labute approximate surface area is 136 Å². The van der Waals surface area contributed by atoms with E-state index in [9.17, 15) is 4.79 Å². The molecule has 3 aromatic rings. The lowest BCUT2D eigenvalue weighted by Gasteiger charge is -2.01. The Hall–Kier alpha value is -1.98. The summed E-state index contributed by atoms with van der Waals surface area (Å²) in [5.41, 5.74) is 1.11. The number of hydrogen-bond donors (Lipinski definition) is 0. The summed E-state index contributed by atoms with van der Waals surface area (Å²) in [4.78, 5) is 21.8. The van der Waals surface area contributed by atoms with E-state index in [4.69, 9.17) is 16.3 Å². The Balaban J connectivity index is 1.96. The van der Waals surface area contributed by atoms with Crippen molar-refractivity contribution in [2.24, 2.45) is 0 Å². The molecular formula is C16H13ClN2O2S. The number of thiophene rings is 1. The maximum atomic E-state index is 11.8. The average Bonchev–Trinajstić information content (AvgIpc) is 2.93. The van der Waals surface area contributed by atoms with E-state index in [1.165, 1.54) is 11.3 Å². The fourth-order valence-corrected chi connectivity index (χ4v) is 3.33. The summed E-state index contributed by atoms with van der Waals surface area (Å²) >= 11 is 7.50. The van der Waals surface area contributed by atoms with Gasteiger partial charge in [0.05, 0.1) is 6.61 Å². The second-order valence-corrected chi connectivity index (χ2v) is 6.03. The van der Waals surface area contributed by atoms with Gasteiger partial charge in [0.2, 0.25) is 0 Å². The van der Waals surface area contributed by atoms with Crippen molar-refractivity contribution in [3.05, 3.63) is 57.8 Å². The lowest BCUT2D eigenvalue weighted by molar-refractivity contribution is 0.0532. The van der Waals surface area contributed by atoms with Crippen LogP contribution >= 0.6 is 22.9 Å². The van der Waals surface area contributed by atoms with Gasteiger partial charge in [-0.15, -0.1) is 11.3 Å². The first-order chi connectivity index (χ1) is 10.7. The van der Waals surface area contributed by atoms with Crippen molar-refractivity contribution in [3.8, 4) is 0 Å². The van der Waals surface area contributed by atoms with Crippen molar-refractivity contribution in [3.63, 3.8) is 0 Å². The van der Waals surface area contributed by atoms with Crippen LogP contribution in [0.4, 0.5) is 0 Å². The zero-order valence-electron chi connectivity index (χ0n) is 11.9. The van der Waals surface area contributed by atoms with Crippen LogP contribution < -0.4 is 0 Å². The molecule has 0 aliphatic heterocycles. The van der Waals surface area contributed by atoms with Gasteiger partial charge in [0.25, 0.3) is 0 Å². The van der Waals surface area contributed by atoms with Crippen molar-refractivity contribution < 1.29 is 9.53 Å². The molecule has 0 fully saturated rings. The van der Waals surface area contributed by atoms with Crippen LogP contribution in [0.3, 0.4) is 0 Å². The number of hydrogen-bond acceptors (Lipinski definition) is 5. The van der Waals surface area contributed by atoms with Gasteiger partial charge in [-0.2, -0.15) is 0 Å². The maximum Gasteiger partial charge on any atom is 0.348 e. The van der Waals surface area contributed by atoms with Gasteiger partial charge in [-0.05, 0) is 18.6 Å². The molecule has 0 aliphatic carbocycles. The van der Waals surface area contributed by atoms with Crippen LogP contribution in [-0.2, 0) is 11.2 Å². The highest BCUT2D eigenvalue weighted by atomic mass is 35.5. The standard InChI is InChI=1S/C16H13ClN2O2S/c1-2-21-16(20)12-9-11-14(17)18-13(19-15(11)22-12)8-10-6-4-3-5-7-10/h3-7,9H,2,8H2,1H3. The van der Waals surface area contributed by atoms with Gasteiger partial charge in [0.15, 0.2) is 0 Å². The van der Waals surface area contributed by atoms with E-state index < -0.39 is 0 Å². The summed E-state index contributed by atoms with van der Waals surface area (Å²) in [6, 6.07) is 11.6. The van der Waals surface area contributed by atoms with Gasteiger partial charge < -0.3 is 4.74 Å². The van der Waals surface area contributed by atoms with Crippen LogP contribution in [0.5, 0.6) is 0 Å². The fourth-order valence-electron chi connectivity index (χ4n) is 2.09. The summed E-state index contributed by atoms with van der Waals surface area (Å²) < 4.78 is 5.00. The molecule has 3 rings (SSSR count). The molecule has 0 radical (unpaired) electrons. The molecule has 2 heterocycles. The van der Waals surface area contributed by atoms with Gasteiger partial charge >= 0.3 is 5.97 Å². The molecule has 2 aromatic heterocycles. The quantitative estimate of drug-likeness (QED) is 0.533. The van der Waals surface area contributed by atoms with Crippen LogP contribution in [0.2, 0.25) is 5.15 Å². The number of ether oxygens (including phenoxy) is 1. The Morgan fingerprint density at radius 2 is 2.05 bits per heavy atom. The molecule has 0 amide bonds. The minimum atomic E-state index is -0.355. The summed E-state index contributed by atoms with van der Waals surface area (Å²) in [7, 11) is 0. The summed E-state index contributed by atoms with van der Waals surface area (Å²) in [6.07, 6.45) is 0.600. The van der Waals surface area contributed by atoms with Crippen molar-refractivity contribution in [1.82, 2.24) is 9.97 Å². The molecular weight excluding hydrogens is 320 g/mol.